The summed E-state index contributed by atoms with van der Waals surface area (Å²) in [4.78, 5) is 16.6. The Morgan fingerprint density at radius 1 is 1.03 bits per heavy atom. The summed E-state index contributed by atoms with van der Waals surface area (Å²) in [5.41, 5.74) is 2.46. The molecule has 0 saturated carbocycles. The number of nitrogens with zero attached hydrogens (tertiary/aromatic N) is 4. The van der Waals surface area contributed by atoms with E-state index in [4.69, 9.17) is 18.9 Å². The highest BCUT2D eigenvalue weighted by Gasteiger charge is 2.26. The lowest BCUT2D eigenvalue weighted by molar-refractivity contribution is -0.130. The number of benzene rings is 2. The molecule has 0 aliphatic carbocycles. The highest BCUT2D eigenvalue weighted by atomic mass is 16.6. The normalized spacial score (nSPS) is 14.5. The van der Waals surface area contributed by atoms with Gasteiger partial charge in [0.1, 0.15) is 5.69 Å². The van der Waals surface area contributed by atoms with Gasteiger partial charge in [0.15, 0.2) is 17.2 Å². The van der Waals surface area contributed by atoms with E-state index in [-0.39, 0.29) is 11.6 Å². The number of ether oxygens (including phenoxy) is 4. The molecular formula is C24H22N4O5. The van der Waals surface area contributed by atoms with Crippen LogP contribution >= 0.6 is 0 Å². The van der Waals surface area contributed by atoms with Crippen LogP contribution in [0.3, 0.4) is 0 Å². The molecule has 4 rings (SSSR count). The number of carbonyl (C=O) groups is 1. The molecule has 0 N–H and O–H groups in total. The van der Waals surface area contributed by atoms with Crippen LogP contribution in [0.2, 0.25) is 0 Å². The molecule has 33 heavy (non-hydrogen) atoms. The Hall–Kier alpha value is -4.40. The van der Waals surface area contributed by atoms with Gasteiger partial charge in [-0.05, 0) is 29.8 Å². The van der Waals surface area contributed by atoms with Gasteiger partial charge in [0.25, 0.3) is 0 Å². The monoisotopic (exact) mass is 446 g/mol. The fourth-order valence-corrected chi connectivity index (χ4v) is 3.23. The zero-order valence-corrected chi connectivity index (χ0v) is 18.4. The van der Waals surface area contributed by atoms with Gasteiger partial charge in [0.05, 0.1) is 34.1 Å². The molecule has 0 saturated heterocycles. The zero-order chi connectivity index (χ0) is 23.2. The van der Waals surface area contributed by atoms with Crippen molar-refractivity contribution < 1.29 is 23.7 Å². The quantitative estimate of drug-likeness (QED) is 0.387. The minimum absolute atomic E-state index is 0.146. The lowest BCUT2D eigenvalue weighted by Gasteiger charge is -2.13. The molecule has 0 amide bonds. The molecule has 1 aromatic heterocycles. The van der Waals surface area contributed by atoms with Crippen LogP contribution in [0.5, 0.6) is 17.2 Å². The maximum atomic E-state index is 12.3. The number of aromatic nitrogens is 3. The topological polar surface area (TPSA) is 97.1 Å². The van der Waals surface area contributed by atoms with Crippen LogP contribution in [0.4, 0.5) is 0 Å². The summed E-state index contributed by atoms with van der Waals surface area (Å²) in [6.45, 7) is 0.623. The van der Waals surface area contributed by atoms with Crippen molar-refractivity contribution in [2.24, 2.45) is 4.99 Å². The van der Waals surface area contributed by atoms with Crippen LogP contribution in [-0.4, -0.2) is 48.2 Å². The number of rotatable bonds is 8. The Bertz CT molecular complexity index is 1220. The van der Waals surface area contributed by atoms with Gasteiger partial charge < -0.3 is 18.9 Å². The first-order chi connectivity index (χ1) is 16.1. The molecule has 0 fully saturated rings. The van der Waals surface area contributed by atoms with Gasteiger partial charge in [-0.3, -0.25) is 0 Å². The first kappa shape index (κ1) is 21.8. The maximum Gasteiger partial charge on any atom is 0.363 e. The molecule has 2 aromatic carbocycles. The van der Waals surface area contributed by atoms with Crippen molar-refractivity contribution in [2.75, 3.05) is 21.3 Å². The molecule has 0 bridgehead atoms. The highest BCUT2D eigenvalue weighted by molar-refractivity contribution is 6.11. The summed E-state index contributed by atoms with van der Waals surface area (Å²) in [7, 11) is 4.53. The van der Waals surface area contributed by atoms with Crippen molar-refractivity contribution in [2.45, 2.75) is 6.54 Å². The van der Waals surface area contributed by atoms with E-state index in [1.54, 1.807) is 35.0 Å². The van der Waals surface area contributed by atoms with Gasteiger partial charge in [-0.2, -0.15) is 0 Å². The largest absolute Gasteiger partial charge is 0.493 e. The molecule has 1 aliphatic heterocycles. The summed E-state index contributed by atoms with van der Waals surface area (Å²) in [6, 6.07) is 13.3. The number of carbonyl (C=O) groups excluding carboxylic acids is 1. The van der Waals surface area contributed by atoms with Gasteiger partial charge >= 0.3 is 5.97 Å². The summed E-state index contributed by atoms with van der Waals surface area (Å²) in [6.07, 6.45) is 6.79. The predicted molar refractivity (Wildman–Crippen MR) is 121 cm³/mol. The van der Waals surface area contributed by atoms with Crippen LogP contribution in [0.15, 0.2) is 71.5 Å². The Balaban J connectivity index is 1.50. The van der Waals surface area contributed by atoms with Gasteiger partial charge in [-0.15, -0.1) is 5.10 Å². The highest BCUT2D eigenvalue weighted by Crippen LogP contribution is 2.39. The van der Waals surface area contributed by atoms with E-state index in [9.17, 15) is 4.79 Å². The third-order valence-electron chi connectivity index (χ3n) is 4.80. The van der Waals surface area contributed by atoms with Gasteiger partial charge in [-0.25, -0.2) is 14.5 Å². The van der Waals surface area contributed by atoms with Gasteiger partial charge in [-0.1, -0.05) is 41.6 Å². The Labute approximate surface area is 190 Å². The first-order valence-electron chi connectivity index (χ1n) is 10.0. The fourth-order valence-electron chi connectivity index (χ4n) is 3.23. The number of methoxy groups -OCH3 is 3. The van der Waals surface area contributed by atoms with Gasteiger partial charge in [0.2, 0.25) is 11.6 Å². The number of hydrogen-bond donors (Lipinski definition) is 0. The SMILES string of the molecule is COc1cc(C2=N/C(=C/C=C\c3cn(Cc4ccccc4)nn3)C(=O)O2)cc(OC)c1OC. The molecule has 2 heterocycles. The van der Waals surface area contributed by atoms with E-state index in [1.165, 1.54) is 21.3 Å². The van der Waals surface area contributed by atoms with E-state index in [1.807, 2.05) is 36.5 Å². The molecule has 9 heteroatoms. The summed E-state index contributed by atoms with van der Waals surface area (Å²) >= 11 is 0. The third-order valence-corrected chi connectivity index (χ3v) is 4.80. The van der Waals surface area contributed by atoms with Crippen LogP contribution in [0.1, 0.15) is 16.8 Å². The van der Waals surface area contributed by atoms with Crippen LogP contribution < -0.4 is 14.2 Å². The number of hydrogen-bond acceptors (Lipinski definition) is 8. The maximum absolute atomic E-state index is 12.3. The minimum Gasteiger partial charge on any atom is -0.493 e. The molecule has 0 radical (unpaired) electrons. The van der Waals surface area contributed by atoms with Crippen molar-refractivity contribution in [3.63, 3.8) is 0 Å². The van der Waals surface area contributed by atoms with E-state index < -0.39 is 5.97 Å². The second-order valence-corrected chi connectivity index (χ2v) is 6.96. The average Bonchev–Trinajstić information content (AvgIpc) is 3.44. The zero-order valence-electron chi connectivity index (χ0n) is 18.4. The van der Waals surface area contributed by atoms with E-state index in [0.717, 1.165) is 5.56 Å². The molecule has 0 atom stereocenters. The predicted octanol–water partition coefficient (Wildman–Crippen LogP) is 3.25. The third kappa shape index (κ3) is 4.93. The second kappa shape index (κ2) is 9.82. The molecular weight excluding hydrogens is 424 g/mol. The Kier molecular flexibility index (Phi) is 6.49. The van der Waals surface area contributed by atoms with E-state index >= 15 is 0 Å². The van der Waals surface area contributed by atoms with Crippen LogP contribution in [0, 0.1) is 0 Å². The summed E-state index contributed by atoms with van der Waals surface area (Å²) in [5.74, 6) is 0.888. The minimum atomic E-state index is -0.559. The number of cyclic esters (lactones) is 1. The summed E-state index contributed by atoms with van der Waals surface area (Å²) < 4.78 is 23.1. The number of esters is 1. The molecule has 0 spiro atoms. The molecule has 3 aromatic rings. The molecule has 0 unspecified atom stereocenters. The van der Waals surface area contributed by atoms with Crippen LogP contribution in [0.25, 0.3) is 6.08 Å². The van der Waals surface area contributed by atoms with Gasteiger partial charge in [0, 0.05) is 5.56 Å². The Morgan fingerprint density at radius 3 is 2.42 bits per heavy atom. The van der Waals surface area contributed by atoms with E-state index in [2.05, 4.69) is 15.3 Å². The first-order valence-corrected chi connectivity index (χ1v) is 10.0. The Morgan fingerprint density at radius 2 is 1.76 bits per heavy atom. The molecule has 1 aliphatic rings. The fraction of sp³-hybridized carbons (Fsp3) is 0.167. The van der Waals surface area contributed by atoms with Crippen molar-refractivity contribution in [1.29, 1.82) is 0 Å². The lowest BCUT2D eigenvalue weighted by Crippen LogP contribution is -2.06. The second-order valence-electron chi connectivity index (χ2n) is 6.96. The van der Waals surface area contributed by atoms with Crippen molar-refractivity contribution >= 4 is 17.9 Å². The molecule has 168 valence electrons. The number of allylic oxidation sites excluding steroid dienone is 2. The van der Waals surface area contributed by atoms with E-state index in [0.29, 0.717) is 35.1 Å². The lowest BCUT2D eigenvalue weighted by atomic mass is 10.2. The van der Waals surface area contributed by atoms with Crippen molar-refractivity contribution in [3.05, 3.63) is 83.3 Å². The summed E-state index contributed by atoms with van der Waals surface area (Å²) in [5, 5.41) is 8.23. The molecule has 9 nitrogen and oxygen atoms in total. The average molecular weight is 446 g/mol. The standard InChI is InChI=1S/C24H22N4O5/c1-30-20-12-17(13-21(31-2)22(20)32-3)23-25-19(24(29)33-23)11-7-10-18-15-28(27-26-18)14-16-8-5-4-6-9-16/h4-13,15H,14H2,1-3H3/b10-7-,19-11+. The van der Waals surface area contributed by atoms with Crippen molar-refractivity contribution in [3.8, 4) is 17.2 Å². The van der Waals surface area contributed by atoms with Crippen molar-refractivity contribution in [1.82, 2.24) is 15.0 Å². The number of aliphatic imine (C=N–C) groups is 1. The smallest absolute Gasteiger partial charge is 0.363 e. The van der Waals surface area contributed by atoms with Crippen LogP contribution in [-0.2, 0) is 16.1 Å².